The van der Waals surface area contributed by atoms with E-state index in [1.165, 1.54) is 12.3 Å². The van der Waals surface area contributed by atoms with Gasteiger partial charge in [0.2, 0.25) is 0 Å². The predicted molar refractivity (Wildman–Crippen MR) is 74.6 cm³/mol. The van der Waals surface area contributed by atoms with Gasteiger partial charge in [-0.2, -0.15) is 0 Å². The summed E-state index contributed by atoms with van der Waals surface area (Å²) >= 11 is 0. The maximum atomic E-state index is 13.8. The molecule has 2 rings (SSSR count). The van der Waals surface area contributed by atoms with Crippen molar-refractivity contribution in [3.63, 3.8) is 0 Å². The van der Waals surface area contributed by atoms with E-state index in [4.69, 9.17) is 5.11 Å². The van der Waals surface area contributed by atoms with Crippen molar-refractivity contribution in [3.05, 3.63) is 52.9 Å². The Morgan fingerprint density at radius 3 is 2.67 bits per heavy atom. The number of hydrogen-bond acceptors (Lipinski definition) is 4. The third-order valence-corrected chi connectivity index (χ3v) is 3.08. The standard InChI is InChI=1S/C15H14F2N2O2/c1-8(11-5-12(16)14(21)6-13(11)20)19-7-10-3-4-18-9(2)15(10)17/h3-6,20-21H,7H2,1-2H3. The Kier molecular flexibility index (Phi) is 4.16. The van der Waals surface area contributed by atoms with Crippen LogP contribution in [0, 0.1) is 18.6 Å². The lowest BCUT2D eigenvalue weighted by Gasteiger charge is -2.07. The van der Waals surface area contributed by atoms with E-state index in [-0.39, 0.29) is 23.6 Å². The Morgan fingerprint density at radius 2 is 1.95 bits per heavy atom. The molecule has 0 spiro atoms. The molecule has 110 valence electrons. The summed E-state index contributed by atoms with van der Waals surface area (Å²) < 4.78 is 27.1. The molecule has 2 N–H and O–H groups in total. The highest BCUT2D eigenvalue weighted by molar-refractivity contribution is 6.01. The Morgan fingerprint density at radius 1 is 1.24 bits per heavy atom. The number of halogens is 2. The minimum Gasteiger partial charge on any atom is -0.507 e. The largest absolute Gasteiger partial charge is 0.507 e. The Hall–Kier alpha value is -2.50. The Labute approximate surface area is 120 Å². The van der Waals surface area contributed by atoms with E-state index in [0.29, 0.717) is 11.3 Å². The second kappa shape index (κ2) is 5.87. The molecule has 6 heteroatoms. The number of benzene rings is 1. The van der Waals surface area contributed by atoms with Crippen LogP contribution in [0.25, 0.3) is 0 Å². The van der Waals surface area contributed by atoms with E-state index in [1.54, 1.807) is 13.8 Å². The molecule has 0 aliphatic rings. The lowest BCUT2D eigenvalue weighted by atomic mass is 10.1. The number of aromatic nitrogens is 1. The van der Waals surface area contributed by atoms with Gasteiger partial charge in [-0.05, 0) is 26.0 Å². The number of hydrogen-bond donors (Lipinski definition) is 2. The van der Waals surface area contributed by atoms with Crippen LogP contribution >= 0.6 is 0 Å². The molecule has 1 aromatic heterocycles. The molecule has 0 fully saturated rings. The molecule has 21 heavy (non-hydrogen) atoms. The summed E-state index contributed by atoms with van der Waals surface area (Å²) in [5.74, 6) is -2.22. The summed E-state index contributed by atoms with van der Waals surface area (Å²) in [4.78, 5) is 7.96. The molecular weight excluding hydrogens is 278 g/mol. The Balaban J connectivity index is 2.30. The minimum atomic E-state index is -0.858. The fraction of sp³-hybridized carbons (Fsp3) is 0.200. The van der Waals surface area contributed by atoms with E-state index >= 15 is 0 Å². The molecule has 0 saturated carbocycles. The molecule has 1 aromatic carbocycles. The molecule has 4 nitrogen and oxygen atoms in total. The lowest BCUT2D eigenvalue weighted by Crippen LogP contribution is -2.00. The van der Waals surface area contributed by atoms with E-state index in [1.807, 2.05) is 0 Å². The SMILES string of the molecule is CC(=NCc1ccnc(C)c1F)c1cc(F)c(O)cc1O. The zero-order valence-electron chi connectivity index (χ0n) is 11.6. The van der Waals surface area contributed by atoms with Crippen molar-refractivity contribution < 1.29 is 19.0 Å². The molecule has 0 unspecified atom stereocenters. The average molecular weight is 292 g/mol. The van der Waals surface area contributed by atoms with E-state index in [9.17, 15) is 13.9 Å². The molecule has 0 radical (unpaired) electrons. The van der Waals surface area contributed by atoms with Gasteiger partial charge in [0.15, 0.2) is 11.6 Å². The second-order valence-electron chi connectivity index (χ2n) is 4.59. The number of phenols is 2. The normalized spacial score (nSPS) is 11.7. The number of rotatable bonds is 3. The highest BCUT2D eigenvalue weighted by atomic mass is 19.1. The topological polar surface area (TPSA) is 65.7 Å². The van der Waals surface area contributed by atoms with Crippen LogP contribution in [-0.2, 0) is 6.54 Å². The van der Waals surface area contributed by atoms with Gasteiger partial charge in [0.05, 0.1) is 12.2 Å². The van der Waals surface area contributed by atoms with Crippen LogP contribution in [0.1, 0.15) is 23.7 Å². The van der Waals surface area contributed by atoms with Gasteiger partial charge in [0, 0.05) is 29.1 Å². The van der Waals surface area contributed by atoms with Crippen LogP contribution in [0.4, 0.5) is 8.78 Å². The summed E-state index contributed by atoms with van der Waals surface area (Å²) in [6.45, 7) is 3.16. The van der Waals surface area contributed by atoms with Crippen molar-refractivity contribution in [3.8, 4) is 11.5 Å². The van der Waals surface area contributed by atoms with Gasteiger partial charge >= 0.3 is 0 Å². The maximum absolute atomic E-state index is 13.8. The number of phenolic OH excluding ortho intramolecular Hbond substituents is 2. The van der Waals surface area contributed by atoms with Crippen LogP contribution < -0.4 is 0 Å². The zero-order valence-corrected chi connectivity index (χ0v) is 11.6. The van der Waals surface area contributed by atoms with Crippen LogP contribution in [0.2, 0.25) is 0 Å². The van der Waals surface area contributed by atoms with Crippen molar-refractivity contribution in [1.82, 2.24) is 4.98 Å². The molecule has 0 bridgehead atoms. The van der Waals surface area contributed by atoms with Gasteiger partial charge in [-0.3, -0.25) is 9.98 Å². The third-order valence-electron chi connectivity index (χ3n) is 3.08. The van der Waals surface area contributed by atoms with E-state index < -0.39 is 17.4 Å². The molecule has 0 aliphatic heterocycles. The molecule has 0 amide bonds. The second-order valence-corrected chi connectivity index (χ2v) is 4.59. The van der Waals surface area contributed by atoms with E-state index in [0.717, 1.165) is 12.1 Å². The van der Waals surface area contributed by atoms with Gasteiger partial charge < -0.3 is 10.2 Å². The molecule has 0 atom stereocenters. The first-order valence-corrected chi connectivity index (χ1v) is 6.23. The van der Waals surface area contributed by atoms with Gasteiger partial charge in [0.1, 0.15) is 11.6 Å². The zero-order chi connectivity index (χ0) is 15.6. The highest BCUT2D eigenvalue weighted by Gasteiger charge is 2.11. The van der Waals surface area contributed by atoms with Crippen molar-refractivity contribution in [2.45, 2.75) is 20.4 Å². The summed E-state index contributed by atoms with van der Waals surface area (Å²) in [5.41, 5.74) is 1.12. The van der Waals surface area contributed by atoms with Gasteiger partial charge in [-0.15, -0.1) is 0 Å². The average Bonchev–Trinajstić information content (AvgIpc) is 2.44. The number of aliphatic imine (C=N–C) groups is 1. The lowest BCUT2D eigenvalue weighted by molar-refractivity contribution is 0.418. The summed E-state index contributed by atoms with van der Waals surface area (Å²) in [6.07, 6.45) is 1.48. The van der Waals surface area contributed by atoms with Gasteiger partial charge in [-0.25, -0.2) is 8.78 Å². The van der Waals surface area contributed by atoms with Crippen LogP contribution in [-0.4, -0.2) is 20.9 Å². The van der Waals surface area contributed by atoms with Crippen molar-refractivity contribution in [2.75, 3.05) is 0 Å². The number of pyridine rings is 1. The fourth-order valence-electron chi connectivity index (χ4n) is 1.85. The molecule has 0 aliphatic carbocycles. The number of aromatic hydroxyl groups is 2. The monoisotopic (exact) mass is 292 g/mol. The molecular formula is C15H14F2N2O2. The molecule has 2 aromatic rings. The maximum Gasteiger partial charge on any atom is 0.165 e. The van der Waals surface area contributed by atoms with Crippen LogP contribution in [0.15, 0.2) is 29.4 Å². The number of nitrogens with zero attached hydrogens (tertiary/aromatic N) is 2. The fourth-order valence-corrected chi connectivity index (χ4v) is 1.85. The molecule has 0 saturated heterocycles. The van der Waals surface area contributed by atoms with Crippen molar-refractivity contribution >= 4 is 5.71 Å². The van der Waals surface area contributed by atoms with Gasteiger partial charge in [-0.1, -0.05) is 0 Å². The summed E-state index contributed by atoms with van der Waals surface area (Å²) in [5, 5.41) is 18.8. The van der Waals surface area contributed by atoms with Crippen molar-refractivity contribution in [2.24, 2.45) is 4.99 Å². The predicted octanol–water partition coefficient (Wildman–Crippen LogP) is 3.09. The Bertz CT molecular complexity index is 715. The van der Waals surface area contributed by atoms with Crippen LogP contribution in [0.5, 0.6) is 11.5 Å². The highest BCUT2D eigenvalue weighted by Crippen LogP contribution is 2.26. The van der Waals surface area contributed by atoms with Crippen LogP contribution in [0.3, 0.4) is 0 Å². The quantitative estimate of drug-likeness (QED) is 0.854. The smallest absolute Gasteiger partial charge is 0.165 e. The van der Waals surface area contributed by atoms with Crippen molar-refractivity contribution in [1.29, 1.82) is 0 Å². The first-order valence-electron chi connectivity index (χ1n) is 6.23. The minimum absolute atomic E-state index is 0.0446. The third kappa shape index (κ3) is 3.16. The molecule has 1 heterocycles. The number of aryl methyl sites for hydroxylation is 1. The van der Waals surface area contributed by atoms with Gasteiger partial charge in [0.25, 0.3) is 0 Å². The van der Waals surface area contributed by atoms with E-state index in [2.05, 4.69) is 9.98 Å². The summed E-state index contributed by atoms with van der Waals surface area (Å²) in [7, 11) is 0. The summed E-state index contributed by atoms with van der Waals surface area (Å²) in [6, 6.07) is 3.40. The first kappa shape index (κ1) is 14.9. The first-order chi connectivity index (χ1) is 9.90.